The Morgan fingerprint density at radius 1 is 2.00 bits per heavy atom. The molecule has 0 aliphatic heterocycles. The van der Waals surface area contributed by atoms with E-state index in [1.54, 1.807) is 6.92 Å². The highest BCUT2D eigenvalue weighted by atomic mass is 32.1. The maximum Gasteiger partial charge on any atom is 0.304 e. The maximum absolute atomic E-state index is 9.76. The van der Waals surface area contributed by atoms with E-state index in [0.29, 0.717) is 0 Å². The number of rotatable bonds is 2. The van der Waals surface area contributed by atoms with Crippen LogP contribution in [0.3, 0.4) is 0 Å². The van der Waals surface area contributed by atoms with Crippen molar-refractivity contribution in [1.29, 1.82) is 0 Å². The number of hydrogen-bond donors (Lipinski definition) is 2. The summed E-state index contributed by atoms with van der Waals surface area (Å²) in [5.74, 6) is -0.789. The summed E-state index contributed by atoms with van der Waals surface area (Å²) in [6.07, 6.45) is 0.142. The first-order valence-corrected chi connectivity index (χ1v) is 2.54. The van der Waals surface area contributed by atoms with Gasteiger partial charge in [-0.25, -0.2) is 0 Å². The molecule has 0 unspecified atom stereocenters. The molecule has 0 amide bonds. The standard InChI is InChI=1S/C4H8O2S/c1-3(7)2-4(5)6/h3,7H,2H2,1H3,(H,5,6)/t3-/m0/s1. The Labute approximate surface area is 47.9 Å². The molecule has 0 saturated heterocycles. The second kappa shape index (κ2) is 2.91. The number of hydrogen-bond acceptors (Lipinski definition) is 2. The summed E-state index contributed by atoms with van der Waals surface area (Å²) in [7, 11) is 0. The molecule has 0 aliphatic rings. The molecule has 1 atom stereocenters. The van der Waals surface area contributed by atoms with Crippen LogP contribution in [0.1, 0.15) is 13.3 Å². The largest absolute Gasteiger partial charge is 0.481 e. The van der Waals surface area contributed by atoms with E-state index in [0.717, 1.165) is 0 Å². The van der Waals surface area contributed by atoms with Crippen LogP contribution < -0.4 is 0 Å². The van der Waals surface area contributed by atoms with E-state index >= 15 is 0 Å². The molecule has 1 N–H and O–H groups in total. The number of carboxylic acid groups (broad SMARTS) is 1. The monoisotopic (exact) mass is 120 g/mol. The highest BCUT2D eigenvalue weighted by Crippen LogP contribution is 1.96. The molecular weight excluding hydrogens is 112 g/mol. The summed E-state index contributed by atoms with van der Waals surface area (Å²) in [5.41, 5.74) is 0. The van der Waals surface area contributed by atoms with Crippen molar-refractivity contribution in [3.8, 4) is 0 Å². The van der Waals surface area contributed by atoms with Crippen LogP contribution in [0.25, 0.3) is 0 Å². The van der Waals surface area contributed by atoms with Crippen LogP contribution in [0, 0.1) is 0 Å². The van der Waals surface area contributed by atoms with E-state index in [-0.39, 0.29) is 11.7 Å². The van der Waals surface area contributed by atoms with E-state index in [2.05, 4.69) is 12.6 Å². The minimum atomic E-state index is -0.789. The van der Waals surface area contributed by atoms with Gasteiger partial charge in [0.2, 0.25) is 0 Å². The Morgan fingerprint density at radius 3 is 2.43 bits per heavy atom. The Morgan fingerprint density at radius 2 is 2.43 bits per heavy atom. The highest BCUT2D eigenvalue weighted by Gasteiger charge is 1.99. The number of aliphatic carboxylic acids is 1. The van der Waals surface area contributed by atoms with E-state index in [9.17, 15) is 4.79 Å². The minimum Gasteiger partial charge on any atom is -0.481 e. The average molecular weight is 120 g/mol. The van der Waals surface area contributed by atoms with Gasteiger partial charge in [-0.2, -0.15) is 12.6 Å². The van der Waals surface area contributed by atoms with Gasteiger partial charge in [-0.05, 0) is 0 Å². The van der Waals surface area contributed by atoms with Crippen molar-refractivity contribution < 1.29 is 9.90 Å². The normalized spacial score (nSPS) is 13.4. The summed E-state index contributed by atoms with van der Waals surface area (Å²) in [5, 5.41) is 8.00. The lowest BCUT2D eigenvalue weighted by molar-refractivity contribution is -0.136. The average Bonchev–Trinajstić information content (AvgIpc) is 1.27. The zero-order valence-corrected chi connectivity index (χ0v) is 4.98. The van der Waals surface area contributed by atoms with Gasteiger partial charge in [0, 0.05) is 5.25 Å². The molecule has 0 radical (unpaired) electrons. The Balaban J connectivity index is 3.13. The van der Waals surface area contributed by atoms with Crippen LogP contribution in [0.15, 0.2) is 0 Å². The number of carboxylic acids is 1. The van der Waals surface area contributed by atoms with Gasteiger partial charge in [0.1, 0.15) is 0 Å². The van der Waals surface area contributed by atoms with Crippen LogP contribution in [0.5, 0.6) is 0 Å². The third-order valence-electron chi connectivity index (χ3n) is 0.470. The smallest absolute Gasteiger partial charge is 0.304 e. The van der Waals surface area contributed by atoms with Gasteiger partial charge < -0.3 is 5.11 Å². The summed E-state index contributed by atoms with van der Waals surface area (Å²) in [6, 6.07) is 0. The molecule has 3 heteroatoms. The molecule has 0 aromatic carbocycles. The second-order valence-corrected chi connectivity index (χ2v) is 2.33. The lowest BCUT2D eigenvalue weighted by Gasteiger charge is -1.93. The quantitative estimate of drug-likeness (QED) is 0.528. The fraction of sp³-hybridized carbons (Fsp3) is 0.750. The van der Waals surface area contributed by atoms with Gasteiger partial charge in [0.25, 0.3) is 0 Å². The number of carbonyl (C=O) groups is 1. The van der Waals surface area contributed by atoms with Crippen molar-refractivity contribution >= 4 is 18.6 Å². The molecule has 0 spiro atoms. The van der Waals surface area contributed by atoms with Crippen LogP contribution >= 0.6 is 12.6 Å². The first-order valence-electron chi connectivity index (χ1n) is 2.03. The van der Waals surface area contributed by atoms with Gasteiger partial charge in [0.05, 0.1) is 6.42 Å². The predicted octanol–water partition coefficient (Wildman–Crippen LogP) is 0.779. The number of thiol groups is 1. The Kier molecular flexibility index (Phi) is 2.83. The van der Waals surface area contributed by atoms with Crippen molar-refractivity contribution in [3.05, 3.63) is 0 Å². The highest BCUT2D eigenvalue weighted by molar-refractivity contribution is 7.80. The van der Waals surface area contributed by atoms with Gasteiger partial charge in [-0.15, -0.1) is 0 Å². The summed E-state index contributed by atoms with van der Waals surface area (Å²) in [4.78, 5) is 9.76. The van der Waals surface area contributed by atoms with Crippen molar-refractivity contribution in [2.75, 3.05) is 0 Å². The lowest BCUT2D eigenvalue weighted by Crippen LogP contribution is -2.01. The minimum absolute atomic E-state index is 0.0301. The SMILES string of the molecule is C[C@H](S)CC(=O)O. The molecule has 2 nitrogen and oxygen atoms in total. The van der Waals surface area contributed by atoms with Crippen molar-refractivity contribution in [2.24, 2.45) is 0 Å². The third kappa shape index (κ3) is 5.82. The maximum atomic E-state index is 9.76. The molecule has 7 heavy (non-hydrogen) atoms. The molecule has 0 fully saturated rings. The molecular formula is C4H8O2S. The summed E-state index contributed by atoms with van der Waals surface area (Å²) < 4.78 is 0. The fourth-order valence-corrected chi connectivity index (χ4v) is 0.409. The predicted molar refractivity (Wildman–Crippen MR) is 30.7 cm³/mol. The zero-order valence-electron chi connectivity index (χ0n) is 4.09. The molecule has 0 heterocycles. The van der Waals surface area contributed by atoms with Crippen molar-refractivity contribution in [3.63, 3.8) is 0 Å². The second-order valence-electron chi connectivity index (χ2n) is 1.45. The molecule has 0 bridgehead atoms. The molecule has 0 aromatic rings. The van der Waals surface area contributed by atoms with Gasteiger partial charge in [0.15, 0.2) is 0 Å². The topological polar surface area (TPSA) is 37.3 Å². The molecule has 0 aromatic heterocycles. The Hall–Kier alpha value is -0.180. The van der Waals surface area contributed by atoms with Gasteiger partial charge in [-0.1, -0.05) is 6.92 Å². The summed E-state index contributed by atoms with van der Waals surface area (Å²) in [6.45, 7) is 1.75. The van der Waals surface area contributed by atoms with Crippen molar-refractivity contribution in [1.82, 2.24) is 0 Å². The molecule has 0 rings (SSSR count). The van der Waals surface area contributed by atoms with E-state index in [4.69, 9.17) is 5.11 Å². The van der Waals surface area contributed by atoms with Crippen LogP contribution in [-0.2, 0) is 4.79 Å². The van der Waals surface area contributed by atoms with Crippen LogP contribution in [0.4, 0.5) is 0 Å². The van der Waals surface area contributed by atoms with Crippen molar-refractivity contribution in [2.45, 2.75) is 18.6 Å². The van der Waals surface area contributed by atoms with E-state index in [1.807, 2.05) is 0 Å². The molecule has 0 aliphatic carbocycles. The lowest BCUT2D eigenvalue weighted by atomic mass is 10.3. The van der Waals surface area contributed by atoms with Crippen LogP contribution in [-0.4, -0.2) is 16.3 Å². The van der Waals surface area contributed by atoms with E-state index in [1.165, 1.54) is 0 Å². The Bertz CT molecular complexity index is 70.1. The molecule has 42 valence electrons. The van der Waals surface area contributed by atoms with E-state index < -0.39 is 5.97 Å². The first-order chi connectivity index (χ1) is 3.13. The van der Waals surface area contributed by atoms with Crippen LogP contribution in [0.2, 0.25) is 0 Å². The zero-order chi connectivity index (χ0) is 5.86. The third-order valence-corrected chi connectivity index (χ3v) is 0.653. The van der Waals surface area contributed by atoms with Gasteiger partial charge in [-0.3, -0.25) is 4.79 Å². The van der Waals surface area contributed by atoms with Gasteiger partial charge >= 0.3 is 5.97 Å². The molecule has 0 saturated carbocycles. The summed E-state index contributed by atoms with van der Waals surface area (Å²) >= 11 is 3.86. The first kappa shape index (κ1) is 6.82. The fourth-order valence-electron chi connectivity index (χ4n) is 0.253.